The van der Waals surface area contributed by atoms with Gasteiger partial charge in [-0.05, 0) is 19.9 Å². The van der Waals surface area contributed by atoms with Gasteiger partial charge in [0.25, 0.3) is 0 Å². The standard InChI is InChI=1S/C11H22N2O2Si/c1-9-10(2)13-15-11(9)12-8-14-6-7-16(3,4)5/h12H,6-8H2,1-5H3. The van der Waals surface area contributed by atoms with Gasteiger partial charge in [0, 0.05) is 20.2 Å². The Bertz CT molecular complexity index is 331. The highest BCUT2D eigenvalue weighted by atomic mass is 28.3. The minimum absolute atomic E-state index is 0.486. The zero-order valence-electron chi connectivity index (χ0n) is 10.9. The van der Waals surface area contributed by atoms with Crippen LogP contribution in [0.2, 0.25) is 25.7 Å². The molecule has 16 heavy (non-hydrogen) atoms. The van der Waals surface area contributed by atoms with Crippen molar-refractivity contribution >= 4 is 14.0 Å². The van der Waals surface area contributed by atoms with Gasteiger partial charge in [0.2, 0.25) is 5.88 Å². The number of hydrogen-bond donors (Lipinski definition) is 1. The molecule has 0 aliphatic heterocycles. The van der Waals surface area contributed by atoms with Crippen LogP contribution in [0.15, 0.2) is 4.52 Å². The van der Waals surface area contributed by atoms with E-state index in [4.69, 9.17) is 9.26 Å². The Morgan fingerprint density at radius 2 is 2.00 bits per heavy atom. The van der Waals surface area contributed by atoms with Crippen LogP contribution in [-0.2, 0) is 4.74 Å². The van der Waals surface area contributed by atoms with E-state index in [2.05, 4.69) is 30.1 Å². The molecule has 0 amide bonds. The van der Waals surface area contributed by atoms with Crippen LogP contribution in [-0.4, -0.2) is 26.6 Å². The average Bonchev–Trinajstić information content (AvgIpc) is 2.47. The molecule has 1 N–H and O–H groups in total. The van der Waals surface area contributed by atoms with Gasteiger partial charge < -0.3 is 14.6 Å². The Morgan fingerprint density at radius 1 is 1.31 bits per heavy atom. The SMILES string of the molecule is Cc1noc(NCOCC[Si](C)(C)C)c1C. The van der Waals surface area contributed by atoms with E-state index in [0.717, 1.165) is 17.9 Å². The summed E-state index contributed by atoms with van der Waals surface area (Å²) in [5.41, 5.74) is 1.97. The molecule has 0 unspecified atom stereocenters. The fourth-order valence-electron chi connectivity index (χ4n) is 1.15. The molecule has 1 aromatic rings. The maximum atomic E-state index is 5.51. The summed E-state index contributed by atoms with van der Waals surface area (Å²) in [7, 11) is -0.982. The Kier molecular flexibility index (Phi) is 4.55. The van der Waals surface area contributed by atoms with Crippen LogP contribution in [0.3, 0.4) is 0 Å². The minimum Gasteiger partial charge on any atom is -0.362 e. The lowest BCUT2D eigenvalue weighted by Crippen LogP contribution is -2.22. The van der Waals surface area contributed by atoms with Gasteiger partial charge in [-0.15, -0.1) is 0 Å². The van der Waals surface area contributed by atoms with Crippen LogP contribution in [0.4, 0.5) is 5.88 Å². The first kappa shape index (κ1) is 13.3. The molecular formula is C11H22N2O2Si. The summed E-state index contributed by atoms with van der Waals surface area (Å²) in [5.74, 6) is 0.713. The molecule has 0 aliphatic carbocycles. The van der Waals surface area contributed by atoms with Gasteiger partial charge in [-0.3, -0.25) is 0 Å². The van der Waals surface area contributed by atoms with E-state index >= 15 is 0 Å². The van der Waals surface area contributed by atoms with Gasteiger partial charge in [-0.2, -0.15) is 0 Å². The van der Waals surface area contributed by atoms with Crippen molar-refractivity contribution in [1.29, 1.82) is 0 Å². The van der Waals surface area contributed by atoms with Crippen molar-refractivity contribution in [2.45, 2.75) is 39.5 Å². The molecule has 1 heterocycles. The number of nitrogens with one attached hydrogen (secondary N) is 1. The predicted octanol–water partition coefficient (Wildman–Crippen LogP) is 3.02. The highest BCUT2D eigenvalue weighted by Gasteiger charge is 2.12. The van der Waals surface area contributed by atoms with Crippen molar-refractivity contribution < 1.29 is 9.26 Å². The first-order valence-corrected chi connectivity index (χ1v) is 9.35. The van der Waals surface area contributed by atoms with Crippen molar-refractivity contribution in [3.63, 3.8) is 0 Å². The average molecular weight is 242 g/mol. The number of anilines is 1. The summed E-state index contributed by atoms with van der Waals surface area (Å²) in [5, 5.41) is 6.95. The second-order valence-electron chi connectivity index (χ2n) is 5.26. The van der Waals surface area contributed by atoms with E-state index in [9.17, 15) is 0 Å². The number of aryl methyl sites for hydroxylation is 1. The quantitative estimate of drug-likeness (QED) is 0.473. The fraction of sp³-hybridized carbons (Fsp3) is 0.727. The van der Waals surface area contributed by atoms with Crippen LogP contribution in [0, 0.1) is 13.8 Å². The second-order valence-corrected chi connectivity index (χ2v) is 10.9. The van der Waals surface area contributed by atoms with E-state index in [1.54, 1.807) is 0 Å². The molecule has 1 aromatic heterocycles. The van der Waals surface area contributed by atoms with Gasteiger partial charge in [-0.25, -0.2) is 0 Å². The van der Waals surface area contributed by atoms with Crippen LogP contribution in [0.1, 0.15) is 11.3 Å². The fourth-order valence-corrected chi connectivity index (χ4v) is 1.90. The van der Waals surface area contributed by atoms with Gasteiger partial charge in [0.15, 0.2) is 0 Å². The molecule has 0 spiro atoms. The normalized spacial score (nSPS) is 11.8. The van der Waals surface area contributed by atoms with Gasteiger partial charge in [0.05, 0.1) is 5.69 Å². The molecule has 0 aromatic carbocycles. The predicted molar refractivity (Wildman–Crippen MR) is 68.6 cm³/mol. The third-order valence-corrected chi connectivity index (χ3v) is 4.19. The molecule has 5 heteroatoms. The molecule has 0 fully saturated rings. The first-order chi connectivity index (χ1) is 7.40. The van der Waals surface area contributed by atoms with E-state index < -0.39 is 8.07 Å². The Morgan fingerprint density at radius 3 is 2.50 bits per heavy atom. The topological polar surface area (TPSA) is 47.3 Å². The summed E-state index contributed by atoms with van der Waals surface area (Å²) in [6.07, 6.45) is 0. The molecule has 4 nitrogen and oxygen atoms in total. The lowest BCUT2D eigenvalue weighted by Gasteiger charge is -2.15. The van der Waals surface area contributed by atoms with Crippen LogP contribution < -0.4 is 5.32 Å². The highest BCUT2D eigenvalue weighted by molar-refractivity contribution is 6.76. The number of hydrogen-bond acceptors (Lipinski definition) is 4. The monoisotopic (exact) mass is 242 g/mol. The Hall–Kier alpha value is -0.813. The van der Waals surface area contributed by atoms with Gasteiger partial charge >= 0.3 is 0 Å². The van der Waals surface area contributed by atoms with Crippen molar-refractivity contribution in [1.82, 2.24) is 5.16 Å². The Labute approximate surface area is 98.4 Å². The number of rotatable bonds is 6. The molecule has 0 radical (unpaired) electrons. The third kappa shape index (κ3) is 4.36. The summed E-state index contributed by atoms with van der Waals surface area (Å²) < 4.78 is 10.6. The minimum atomic E-state index is -0.982. The summed E-state index contributed by atoms with van der Waals surface area (Å²) >= 11 is 0. The van der Waals surface area contributed by atoms with Crippen LogP contribution >= 0.6 is 0 Å². The molecule has 0 saturated heterocycles. The molecule has 0 aliphatic rings. The van der Waals surface area contributed by atoms with Crippen molar-refractivity contribution in [2.24, 2.45) is 0 Å². The van der Waals surface area contributed by atoms with Crippen LogP contribution in [0.25, 0.3) is 0 Å². The van der Waals surface area contributed by atoms with Crippen molar-refractivity contribution in [2.75, 3.05) is 18.7 Å². The summed E-state index contributed by atoms with van der Waals surface area (Å²) in [6, 6.07) is 1.18. The van der Waals surface area contributed by atoms with E-state index in [0.29, 0.717) is 12.6 Å². The lowest BCUT2D eigenvalue weighted by molar-refractivity contribution is 0.163. The lowest BCUT2D eigenvalue weighted by atomic mass is 10.3. The smallest absolute Gasteiger partial charge is 0.229 e. The molecule has 92 valence electrons. The second kappa shape index (κ2) is 5.50. The Balaban J connectivity index is 2.19. The largest absolute Gasteiger partial charge is 0.362 e. The zero-order valence-corrected chi connectivity index (χ0v) is 11.9. The summed E-state index contributed by atoms with van der Waals surface area (Å²) in [6.45, 7) is 12.2. The molecule has 0 atom stereocenters. The zero-order chi connectivity index (χ0) is 12.2. The van der Waals surface area contributed by atoms with E-state index in [1.165, 1.54) is 6.04 Å². The van der Waals surface area contributed by atoms with Gasteiger partial charge in [0.1, 0.15) is 6.73 Å². The number of ether oxygens (including phenoxy) is 1. The van der Waals surface area contributed by atoms with E-state index in [-0.39, 0.29) is 0 Å². The number of nitrogens with zero attached hydrogens (tertiary/aromatic N) is 1. The molecular weight excluding hydrogens is 220 g/mol. The van der Waals surface area contributed by atoms with Crippen molar-refractivity contribution in [3.8, 4) is 0 Å². The molecule has 0 saturated carbocycles. The molecule has 1 rings (SSSR count). The molecule has 0 bridgehead atoms. The number of aromatic nitrogens is 1. The van der Waals surface area contributed by atoms with Crippen LogP contribution in [0.5, 0.6) is 0 Å². The summed E-state index contributed by atoms with van der Waals surface area (Å²) in [4.78, 5) is 0. The third-order valence-electron chi connectivity index (χ3n) is 2.49. The maximum Gasteiger partial charge on any atom is 0.229 e. The van der Waals surface area contributed by atoms with Gasteiger partial charge in [-0.1, -0.05) is 24.8 Å². The maximum absolute atomic E-state index is 5.51. The first-order valence-electron chi connectivity index (χ1n) is 5.64. The highest BCUT2D eigenvalue weighted by Crippen LogP contribution is 2.16. The van der Waals surface area contributed by atoms with E-state index in [1.807, 2.05) is 13.8 Å². The van der Waals surface area contributed by atoms with Crippen molar-refractivity contribution in [3.05, 3.63) is 11.3 Å².